The highest BCUT2D eigenvalue weighted by molar-refractivity contribution is 5.93. The van der Waals surface area contributed by atoms with Gasteiger partial charge in [0, 0.05) is 84.5 Å². The van der Waals surface area contributed by atoms with Crippen molar-refractivity contribution in [2.75, 3.05) is 86.0 Å². The Morgan fingerprint density at radius 2 is 1.62 bits per heavy atom. The highest BCUT2D eigenvalue weighted by atomic mass is 19.1. The van der Waals surface area contributed by atoms with Crippen molar-refractivity contribution in [1.29, 1.82) is 0 Å². The molecule has 2 bridgehead atoms. The van der Waals surface area contributed by atoms with Crippen molar-refractivity contribution in [1.82, 2.24) is 41.7 Å². The standard InChI is InChI=1S/C63H87FN8O12/c1-65-60(76)54(22-18-43-16-20-48(64)21-17-43)70-63(79)56(72-25-8-15-59(72)75)37-44-10-7-11-49(35-44)81-29-5-2-3-14-57(73)66-41-52-39-47(42-84-52)46-34-45-19-23-58(74)68-55(24-26-71-27-32-80-33-28-71)62(78)69-53(13-4-6-30-83-51(36-45)38-46)61(77)67-40-50-12-9-31-82-50/h7,10-11,16-17,20-21,34-36,38,47,50,52-56H,2-6,8-9,12-15,18-19,22-33,37,39-42H2,1H3,(H,65,76)(H,66,73)(H,67,77)(H,68,74)(H,69,78)(H,70,79)/t47?,50-,52+,53-,54-,55-,56-/m0/s1. The van der Waals surface area contributed by atoms with Crippen LogP contribution in [-0.4, -0.2) is 173 Å². The molecule has 0 saturated carbocycles. The van der Waals surface area contributed by atoms with Gasteiger partial charge in [0.05, 0.1) is 45.2 Å². The van der Waals surface area contributed by atoms with Gasteiger partial charge in [-0.2, -0.15) is 0 Å². The number of carbonyl (C=O) groups is 7. The van der Waals surface area contributed by atoms with Crippen molar-refractivity contribution in [3.05, 3.63) is 94.8 Å². The highest BCUT2D eigenvalue weighted by Gasteiger charge is 2.36. The minimum atomic E-state index is -0.857. The number of benzene rings is 3. The third-order valence-electron chi connectivity index (χ3n) is 16.5. The van der Waals surface area contributed by atoms with E-state index in [0.29, 0.717) is 148 Å². The van der Waals surface area contributed by atoms with Gasteiger partial charge in [-0.1, -0.05) is 30.3 Å². The summed E-state index contributed by atoms with van der Waals surface area (Å²) in [5.74, 6) is -0.851. The van der Waals surface area contributed by atoms with Crippen molar-refractivity contribution in [2.45, 2.75) is 158 Å². The van der Waals surface area contributed by atoms with Gasteiger partial charge in [-0.05, 0) is 149 Å². The van der Waals surface area contributed by atoms with Crippen LogP contribution >= 0.6 is 0 Å². The lowest BCUT2D eigenvalue weighted by atomic mass is 9.93. The Kier molecular flexibility index (Phi) is 25.0. The molecular formula is C63H87FN8O12. The van der Waals surface area contributed by atoms with Gasteiger partial charge in [0.15, 0.2) is 0 Å². The van der Waals surface area contributed by atoms with E-state index in [-0.39, 0.29) is 78.6 Å². The number of aryl methyl sites for hydroxylation is 2. The van der Waals surface area contributed by atoms with Gasteiger partial charge in [0.2, 0.25) is 41.4 Å². The summed E-state index contributed by atoms with van der Waals surface area (Å²) >= 11 is 0. The van der Waals surface area contributed by atoms with Gasteiger partial charge in [0.25, 0.3) is 0 Å². The number of unbranched alkanes of at least 4 members (excludes halogenated alkanes) is 2. The Hall–Kier alpha value is -6.68. The quantitative estimate of drug-likeness (QED) is 0.0649. The highest BCUT2D eigenvalue weighted by Crippen LogP contribution is 2.33. The van der Waals surface area contributed by atoms with E-state index in [1.54, 1.807) is 17.0 Å². The van der Waals surface area contributed by atoms with Crippen LogP contribution in [0.25, 0.3) is 0 Å². The van der Waals surface area contributed by atoms with Gasteiger partial charge in [0.1, 0.15) is 41.5 Å². The number of hydrogen-bond acceptors (Lipinski definition) is 13. The fourth-order valence-corrected chi connectivity index (χ4v) is 11.6. The monoisotopic (exact) mass is 1170 g/mol. The summed E-state index contributed by atoms with van der Waals surface area (Å²) in [7, 11) is 1.50. The Morgan fingerprint density at radius 1 is 0.786 bits per heavy atom. The molecule has 4 fully saturated rings. The van der Waals surface area contributed by atoms with E-state index in [9.17, 15) is 38.0 Å². The molecule has 7 atom stereocenters. The van der Waals surface area contributed by atoms with Crippen LogP contribution < -0.4 is 41.4 Å². The van der Waals surface area contributed by atoms with E-state index in [1.807, 2.05) is 36.4 Å². The van der Waals surface area contributed by atoms with Crippen LogP contribution in [0.5, 0.6) is 11.5 Å². The van der Waals surface area contributed by atoms with E-state index >= 15 is 0 Å². The van der Waals surface area contributed by atoms with Crippen molar-refractivity contribution < 1.29 is 61.6 Å². The molecule has 84 heavy (non-hydrogen) atoms. The first kappa shape index (κ1) is 63.3. The van der Waals surface area contributed by atoms with Crippen LogP contribution in [0.4, 0.5) is 4.39 Å². The fraction of sp³-hybridized carbons (Fsp3) is 0.603. The van der Waals surface area contributed by atoms with E-state index in [1.165, 1.54) is 19.2 Å². The number of likely N-dealkylation sites (N-methyl/N-ethyl adjacent to an activating group) is 1. The first-order chi connectivity index (χ1) is 40.8. The number of nitrogens with one attached hydrogen (secondary N) is 6. The Balaban J connectivity index is 0.774. The van der Waals surface area contributed by atoms with Crippen LogP contribution in [0.15, 0.2) is 66.7 Å². The number of morpholine rings is 1. The number of halogens is 1. The molecule has 6 N–H and O–H groups in total. The SMILES string of the molecule is CNC(=O)[C@H](CCc1ccc(F)cc1)NC(=O)[C@H](Cc1cccc(OCCCCCC(=O)NC[C@H]2CC(c3cc4cc(c3)OCCCC[C@@H](C(=O)NC[C@@H]3CCCO3)NC(=O)[C@H](CCN3CCOCC3)NC(=O)CC4)CO2)c1)N1CCCC1=O. The number of amides is 7. The summed E-state index contributed by atoms with van der Waals surface area (Å²) in [6.45, 7) is 6.48. The first-order valence-electron chi connectivity index (χ1n) is 30.6. The number of nitrogens with zero attached hydrogens (tertiary/aromatic N) is 2. The summed E-state index contributed by atoms with van der Waals surface area (Å²) in [5.41, 5.74) is 3.60. The summed E-state index contributed by atoms with van der Waals surface area (Å²) < 4.78 is 43.4. The Bertz CT molecular complexity index is 2650. The summed E-state index contributed by atoms with van der Waals surface area (Å²) in [6, 6.07) is 16.3. The lowest BCUT2D eigenvalue weighted by molar-refractivity contribution is -0.138. The van der Waals surface area contributed by atoms with Gasteiger partial charge < -0.3 is 60.5 Å². The average Bonchev–Trinajstić information content (AvgIpc) is 4.50. The zero-order valence-electron chi connectivity index (χ0n) is 48.8. The van der Waals surface area contributed by atoms with E-state index < -0.39 is 30.1 Å². The molecule has 3 aromatic rings. The molecule has 458 valence electrons. The molecule has 0 aliphatic carbocycles. The lowest BCUT2D eigenvalue weighted by Gasteiger charge is -2.29. The topological polar surface area (TPSA) is 244 Å². The number of rotatable bonds is 25. The molecule has 21 heteroatoms. The van der Waals surface area contributed by atoms with E-state index in [0.717, 1.165) is 61.0 Å². The zero-order chi connectivity index (χ0) is 59.0. The molecule has 1 unspecified atom stereocenters. The second kappa shape index (κ2) is 33.1. The number of carbonyl (C=O) groups excluding carboxylic acids is 7. The summed E-state index contributed by atoms with van der Waals surface area (Å²) in [5, 5.41) is 17.6. The maximum absolute atomic E-state index is 13.9. The second-order valence-electron chi connectivity index (χ2n) is 22.8. The van der Waals surface area contributed by atoms with Gasteiger partial charge in [-0.15, -0.1) is 0 Å². The predicted molar refractivity (Wildman–Crippen MR) is 312 cm³/mol. The maximum Gasteiger partial charge on any atom is 0.243 e. The predicted octanol–water partition coefficient (Wildman–Crippen LogP) is 4.33. The lowest BCUT2D eigenvalue weighted by Crippen LogP contribution is -2.55. The maximum atomic E-state index is 13.9. The molecular weight excluding hydrogens is 1080 g/mol. The summed E-state index contributed by atoms with van der Waals surface area (Å²) in [6.07, 6.45) is 9.39. The molecule has 0 radical (unpaired) electrons. The number of likely N-dealkylation sites (tertiary alicyclic amines) is 1. The van der Waals surface area contributed by atoms with Crippen molar-refractivity contribution >= 4 is 41.4 Å². The Morgan fingerprint density at radius 3 is 2.40 bits per heavy atom. The third kappa shape index (κ3) is 20.3. The van der Waals surface area contributed by atoms with E-state index in [4.69, 9.17) is 23.7 Å². The Labute approximate surface area is 493 Å². The number of ether oxygens (including phenoxy) is 5. The average molecular weight is 1170 g/mol. The zero-order valence-corrected chi connectivity index (χ0v) is 48.8. The van der Waals surface area contributed by atoms with Crippen molar-refractivity contribution in [3.63, 3.8) is 0 Å². The molecule has 8 rings (SSSR count). The smallest absolute Gasteiger partial charge is 0.243 e. The normalized spacial score (nSPS) is 22.5. The summed E-state index contributed by atoms with van der Waals surface area (Å²) in [4.78, 5) is 97.8. The van der Waals surface area contributed by atoms with Crippen molar-refractivity contribution in [2.24, 2.45) is 0 Å². The van der Waals surface area contributed by atoms with Crippen LogP contribution in [0, 0.1) is 5.82 Å². The van der Waals surface area contributed by atoms with E-state index in [2.05, 4.69) is 42.9 Å². The van der Waals surface area contributed by atoms with Crippen molar-refractivity contribution in [3.8, 4) is 11.5 Å². The molecule has 20 nitrogen and oxygen atoms in total. The van der Waals surface area contributed by atoms with Gasteiger partial charge in [-0.25, -0.2) is 4.39 Å². The molecule has 5 heterocycles. The molecule has 3 aromatic carbocycles. The molecule has 5 aliphatic heterocycles. The largest absolute Gasteiger partial charge is 0.494 e. The minimum absolute atomic E-state index is 0.0449. The molecule has 0 aromatic heterocycles. The van der Waals surface area contributed by atoms with Crippen LogP contribution in [0.2, 0.25) is 0 Å². The first-order valence-corrected chi connectivity index (χ1v) is 30.6. The van der Waals surface area contributed by atoms with Crippen LogP contribution in [0.3, 0.4) is 0 Å². The van der Waals surface area contributed by atoms with Gasteiger partial charge >= 0.3 is 0 Å². The number of hydrogen-bond donors (Lipinski definition) is 6. The second-order valence-corrected chi connectivity index (χ2v) is 22.8. The molecule has 0 spiro atoms. The third-order valence-corrected chi connectivity index (χ3v) is 16.5. The number of fused-ring (bicyclic) bond motifs is 2. The molecule has 4 saturated heterocycles. The van der Waals surface area contributed by atoms with Crippen LogP contribution in [-0.2, 0) is 67.0 Å². The molecule has 5 aliphatic rings. The van der Waals surface area contributed by atoms with Crippen LogP contribution in [0.1, 0.15) is 124 Å². The molecule has 7 amide bonds. The fourth-order valence-electron chi connectivity index (χ4n) is 11.6. The minimum Gasteiger partial charge on any atom is -0.494 e. The van der Waals surface area contributed by atoms with Gasteiger partial charge in [-0.3, -0.25) is 38.5 Å².